The summed E-state index contributed by atoms with van der Waals surface area (Å²) in [4.78, 5) is 30.3. The first-order valence-corrected chi connectivity index (χ1v) is 5.03. The minimum Gasteiger partial charge on any atom is -0.391 e. The van der Waals surface area contributed by atoms with Crippen molar-refractivity contribution in [3.8, 4) is 0 Å². The van der Waals surface area contributed by atoms with E-state index in [9.17, 15) is 9.59 Å². The van der Waals surface area contributed by atoms with Gasteiger partial charge in [0.15, 0.2) is 17.9 Å². The van der Waals surface area contributed by atoms with Gasteiger partial charge in [-0.05, 0) is 0 Å². The second-order valence-electron chi connectivity index (χ2n) is 3.54. The number of nitrogens with zero attached hydrogens (tertiary/aromatic N) is 2. The minimum absolute atomic E-state index is 0.00716. The second kappa shape index (κ2) is 4.31. The molecule has 0 amide bonds. The van der Waals surface area contributed by atoms with Crippen LogP contribution in [0.1, 0.15) is 10.6 Å². The lowest BCUT2D eigenvalue weighted by atomic mass is 10.3. The summed E-state index contributed by atoms with van der Waals surface area (Å²) in [5, 5.41) is 3.18. The van der Waals surface area contributed by atoms with Gasteiger partial charge in [-0.2, -0.15) is 0 Å². The molecule has 1 aromatic heterocycles. The lowest BCUT2D eigenvalue weighted by Gasteiger charge is -2.28. The van der Waals surface area contributed by atoms with Crippen molar-refractivity contribution >= 4 is 17.8 Å². The maximum atomic E-state index is 11.4. The van der Waals surface area contributed by atoms with Crippen molar-refractivity contribution in [3.63, 3.8) is 0 Å². The molecule has 4 N–H and O–H groups in total. The van der Waals surface area contributed by atoms with Crippen LogP contribution in [0.15, 0.2) is 4.79 Å². The Bertz CT molecular complexity index is 450. The first-order valence-electron chi connectivity index (χ1n) is 5.03. The second-order valence-corrected chi connectivity index (χ2v) is 3.54. The minimum atomic E-state index is -0.467. The molecule has 1 aliphatic rings. The smallest absolute Gasteiger partial charge is 0.276 e. The van der Waals surface area contributed by atoms with Gasteiger partial charge in [0.2, 0.25) is 0 Å². The number of nitrogens with one attached hydrogen (secondary N) is 2. The zero-order valence-electron chi connectivity index (χ0n) is 8.69. The van der Waals surface area contributed by atoms with Crippen molar-refractivity contribution in [2.45, 2.75) is 0 Å². The highest BCUT2D eigenvalue weighted by Gasteiger charge is 2.17. The average molecular weight is 223 g/mol. The number of anilines is 2. The molecule has 0 spiro atoms. The number of aldehydes is 1. The number of carbonyl (C=O) groups excluding carboxylic acids is 1. The fraction of sp³-hybridized carbons (Fsp3) is 0.444. The Balaban J connectivity index is 2.41. The molecule has 2 heterocycles. The van der Waals surface area contributed by atoms with Gasteiger partial charge in [-0.1, -0.05) is 0 Å². The van der Waals surface area contributed by atoms with E-state index in [0.717, 1.165) is 26.2 Å². The van der Waals surface area contributed by atoms with Gasteiger partial charge >= 0.3 is 0 Å². The molecule has 1 aromatic rings. The number of nitrogens with two attached hydrogens (primary N) is 1. The van der Waals surface area contributed by atoms with E-state index in [1.54, 1.807) is 0 Å². The predicted molar refractivity (Wildman–Crippen MR) is 59.7 cm³/mol. The molecule has 0 saturated carbocycles. The van der Waals surface area contributed by atoms with Gasteiger partial charge in [0.05, 0.1) is 0 Å². The number of aromatic amines is 1. The van der Waals surface area contributed by atoms with E-state index >= 15 is 0 Å². The molecular formula is C9H13N5O2. The van der Waals surface area contributed by atoms with Gasteiger partial charge in [-0.25, -0.2) is 4.98 Å². The highest BCUT2D eigenvalue weighted by Crippen LogP contribution is 2.15. The average Bonchev–Trinajstić information content (AvgIpc) is 2.33. The molecule has 16 heavy (non-hydrogen) atoms. The van der Waals surface area contributed by atoms with Gasteiger partial charge in [0, 0.05) is 26.2 Å². The maximum Gasteiger partial charge on any atom is 0.276 e. The largest absolute Gasteiger partial charge is 0.391 e. The van der Waals surface area contributed by atoms with Crippen molar-refractivity contribution in [2.24, 2.45) is 0 Å². The van der Waals surface area contributed by atoms with E-state index in [2.05, 4.69) is 15.3 Å². The highest BCUT2D eigenvalue weighted by atomic mass is 16.1. The number of hydrogen-bond donors (Lipinski definition) is 3. The molecule has 7 heteroatoms. The Morgan fingerprint density at radius 2 is 2.06 bits per heavy atom. The van der Waals surface area contributed by atoms with Crippen LogP contribution in [0.25, 0.3) is 0 Å². The summed E-state index contributed by atoms with van der Waals surface area (Å²) in [5.74, 6) is 0.403. The summed E-state index contributed by atoms with van der Waals surface area (Å²) < 4.78 is 0. The Labute approximate surface area is 91.7 Å². The van der Waals surface area contributed by atoms with E-state index in [1.165, 1.54) is 0 Å². The molecule has 86 valence electrons. The zero-order valence-corrected chi connectivity index (χ0v) is 8.69. The number of H-pyrrole nitrogens is 1. The van der Waals surface area contributed by atoms with Crippen LogP contribution in [0, 0.1) is 0 Å². The van der Waals surface area contributed by atoms with Crippen molar-refractivity contribution in [3.05, 3.63) is 16.2 Å². The van der Waals surface area contributed by atoms with Crippen LogP contribution in [-0.4, -0.2) is 42.4 Å². The molecule has 0 radical (unpaired) electrons. The summed E-state index contributed by atoms with van der Waals surface area (Å²) in [6.07, 6.45) is 0.506. The first-order chi connectivity index (χ1) is 7.72. The van der Waals surface area contributed by atoms with E-state index in [-0.39, 0.29) is 11.5 Å². The third kappa shape index (κ3) is 1.89. The first kappa shape index (κ1) is 10.6. The van der Waals surface area contributed by atoms with Gasteiger partial charge in [-0.15, -0.1) is 0 Å². The molecule has 2 rings (SSSR count). The lowest BCUT2D eigenvalue weighted by Crippen LogP contribution is -2.44. The Morgan fingerprint density at radius 3 is 2.69 bits per heavy atom. The van der Waals surface area contributed by atoms with Crippen molar-refractivity contribution in [1.82, 2.24) is 15.3 Å². The fourth-order valence-electron chi connectivity index (χ4n) is 1.66. The van der Waals surface area contributed by atoms with Crippen LogP contribution in [0.2, 0.25) is 0 Å². The maximum absolute atomic E-state index is 11.4. The van der Waals surface area contributed by atoms with E-state index < -0.39 is 5.56 Å². The Morgan fingerprint density at radius 1 is 1.38 bits per heavy atom. The van der Waals surface area contributed by atoms with Gasteiger partial charge < -0.3 is 20.9 Å². The van der Waals surface area contributed by atoms with Crippen LogP contribution >= 0.6 is 0 Å². The number of carbonyl (C=O) groups is 1. The van der Waals surface area contributed by atoms with E-state index in [1.807, 2.05) is 4.90 Å². The normalized spacial score (nSPS) is 16.1. The molecule has 0 bridgehead atoms. The SMILES string of the molecule is Nc1c(N2CCNCC2)nc(C=O)[nH]c1=O. The molecule has 1 fully saturated rings. The van der Waals surface area contributed by atoms with Crippen LogP contribution in [0.5, 0.6) is 0 Å². The van der Waals surface area contributed by atoms with E-state index in [0.29, 0.717) is 12.1 Å². The van der Waals surface area contributed by atoms with E-state index in [4.69, 9.17) is 5.73 Å². The Hall–Kier alpha value is -1.89. The molecule has 0 aromatic carbocycles. The van der Waals surface area contributed by atoms with Crippen LogP contribution in [0.3, 0.4) is 0 Å². The van der Waals surface area contributed by atoms with Crippen molar-refractivity contribution in [2.75, 3.05) is 36.8 Å². The highest BCUT2D eigenvalue weighted by molar-refractivity contribution is 5.72. The molecule has 1 aliphatic heterocycles. The lowest BCUT2D eigenvalue weighted by molar-refractivity contribution is 0.111. The molecule has 0 aliphatic carbocycles. The molecule has 0 atom stereocenters. The monoisotopic (exact) mass is 223 g/mol. The fourth-order valence-corrected chi connectivity index (χ4v) is 1.66. The van der Waals surface area contributed by atoms with Gasteiger partial charge in [-0.3, -0.25) is 9.59 Å². The number of rotatable bonds is 2. The van der Waals surface area contributed by atoms with Gasteiger partial charge in [0.1, 0.15) is 5.69 Å². The van der Waals surface area contributed by atoms with Crippen molar-refractivity contribution < 1.29 is 4.79 Å². The summed E-state index contributed by atoms with van der Waals surface area (Å²) in [7, 11) is 0. The number of nitrogen functional groups attached to an aromatic ring is 1. The molecule has 7 nitrogen and oxygen atoms in total. The van der Waals surface area contributed by atoms with Crippen LogP contribution in [-0.2, 0) is 0 Å². The molecular weight excluding hydrogens is 210 g/mol. The summed E-state index contributed by atoms with van der Waals surface area (Å²) in [6.45, 7) is 3.06. The Kier molecular flexibility index (Phi) is 2.86. The summed E-state index contributed by atoms with van der Waals surface area (Å²) >= 11 is 0. The number of piperazine rings is 1. The zero-order chi connectivity index (χ0) is 11.5. The van der Waals surface area contributed by atoms with Crippen LogP contribution < -0.4 is 21.5 Å². The van der Waals surface area contributed by atoms with Crippen LogP contribution in [0.4, 0.5) is 11.5 Å². The number of hydrogen-bond acceptors (Lipinski definition) is 6. The molecule has 0 unspecified atom stereocenters. The summed E-state index contributed by atoms with van der Waals surface area (Å²) in [5.41, 5.74) is 5.25. The molecule has 1 saturated heterocycles. The third-order valence-corrected chi connectivity index (χ3v) is 2.48. The van der Waals surface area contributed by atoms with Gasteiger partial charge in [0.25, 0.3) is 5.56 Å². The topological polar surface area (TPSA) is 104 Å². The quantitative estimate of drug-likeness (QED) is 0.531. The number of aromatic nitrogens is 2. The van der Waals surface area contributed by atoms with Crippen molar-refractivity contribution in [1.29, 1.82) is 0 Å². The standard InChI is InChI=1S/C9H13N5O2/c10-7-8(14-3-1-11-2-4-14)12-6(5-15)13-9(7)16/h5,11H,1-4,10H2,(H,12,13,16). The predicted octanol–water partition coefficient (Wildman–Crippen LogP) is -1.43. The third-order valence-electron chi connectivity index (χ3n) is 2.48. The summed E-state index contributed by atoms with van der Waals surface area (Å²) in [6, 6.07) is 0.